The molecule has 2 unspecified atom stereocenters. The van der Waals surface area contributed by atoms with Crippen molar-refractivity contribution in [1.82, 2.24) is 0 Å². The Morgan fingerprint density at radius 1 is 0.333 bits per heavy atom. The monoisotopic (exact) mass is 1300 g/mol. The van der Waals surface area contributed by atoms with Gasteiger partial charge >= 0.3 is 11.9 Å². The number of rotatable bonds is 74. The van der Waals surface area contributed by atoms with Crippen LogP contribution in [0.4, 0.5) is 0 Å². The van der Waals surface area contributed by atoms with Crippen LogP contribution in [0.5, 0.6) is 0 Å². The van der Waals surface area contributed by atoms with E-state index in [1.165, 1.54) is 270 Å². The average Bonchev–Trinajstić information content (AvgIpc) is 3.73. The molecule has 0 aromatic heterocycles. The summed E-state index contributed by atoms with van der Waals surface area (Å²) in [6.07, 6.45) is 98.5. The first-order valence-electron chi connectivity index (χ1n) is 39.7. The standard InChI is InChI=1S/C84H151NO8/c1-6-8-10-12-14-16-18-20-22-24-26-28-30-32-34-36-38-39-40-41-42-43-45-47-49-51-53-55-57-59-61-63-65-67-69-71-73-75-82(87)93-80(79-92-84(83(88)89)90-77-76-85(3,4)5)78-91-81(86)74-72-70-68-66-64-62-60-58-56-54-52-50-48-46-44-37-35-33-31-29-27-25-23-21-19-17-15-13-11-9-7-2/h8,10,14,16,19-22,25-28,32,34,80,84H,6-7,9,11-13,15,17-18,23-24,29-31,33,35-79H2,1-5H3/b10-8-,16-14-,21-19-,22-20-,27-25-,28-26-,34-32-. The number of carboxylic acid groups (broad SMARTS) is 1. The predicted octanol–water partition coefficient (Wildman–Crippen LogP) is 24.0. The first-order valence-corrected chi connectivity index (χ1v) is 39.7. The third-order valence-corrected chi connectivity index (χ3v) is 17.6. The van der Waals surface area contributed by atoms with Crippen molar-refractivity contribution in [2.45, 2.75) is 386 Å². The van der Waals surface area contributed by atoms with Crippen molar-refractivity contribution in [3.63, 3.8) is 0 Å². The van der Waals surface area contributed by atoms with Crippen molar-refractivity contribution in [2.24, 2.45) is 0 Å². The lowest BCUT2D eigenvalue weighted by Gasteiger charge is -2.26. The number of carbonyl (C=O) groups is 3. The van der Waals surface area contributed by atoms with E-state index < -0.39 is 24.3 Å². The van der Waals surface area contributed by atoms with Crippen molar-refractivity contribution in [3.8, 4) is 0 Å². The van der Waals surface area contributed by atoms with Crippen molar-refractivity contribution >= 4 is 17.9 Å². The van der Waals surface area contributed by atoms with Crippen molar-refractivity contribution in [3.05, 3.63) is 85.1 Å². The number of likely N-dealkylation sites (N-methyl/N-ethyl adjacent to an activating group) is 1. The SMILES string of the molecule is CC/C=C\C/C=C\C/C=C\C/C=C\C/C=C\CCCCCCCCCCCCCCCCCCCCCCCC(=O)OC(COC(=O)CCCCCCCCCCCCCCCCCCCCC/C=C\C/C=C\CCCCCCC)COC(OCC[N+](C)(C)C)C(=O)[O-]. The van der Waals surface area contributed by atoms with Crippen LogP contribution in [0.15, 0.2) is 85.1 Å². The number of ether oxygens (including phenoxy) is 4. The first kappa shape index (κ1) is 89.5. The molecular weight excluding hydrogens is 1150 g/mol. The molecule has 93 heavy (non-hydrogen) atoms. The lowest BCUT2D eigenvalue weighted by molar-refractivity contribution is -0.870. The maximum atomic E-state index is 13.0. The van der Waals surface area contributed by atoms with Gasteiger partial charge in [0.2, 0.25) is 0 Å². The predicted molar refractivity (Wildman–Crippen MR) is 398 cm³/mol. The van der Waals surface area contributed by atoms with E-state index in [4.69, 9.17) is 18.9 Å². The molecule has 540 valence electrons. The molecule has 0 radical (unpaired) electrons. The normalized spacial score (nSPS) is 13.1. The lowest BCUT2D eigenvalue weighted by atomic mass is 10.0. The van der Waals surface area contributed by atoms with Crippen LogP contribution in [-0.2, 0) is 33.3 Å². The first-order chi connectivity index (χ1) is 45.6. The number of hydrogen-bond donors (Lipinski definition) is 0. The Labute approximate surface area is 576 Å². The van der Waals surface area contributed by atoms with Gasteiger partial charge in [0, 0.05) is 12.8 Å². The molecule has 0 heterocycles. The molecule has 0 aliphatic heterocycles. The zero-order valence-corrected chi connectivity index (χ0v) is 61.9. The second kappa shape index (κ2) is 74.3. The highest BCUT2D eigenvalue weighted by atomic mass is 16.7. The van der Waals surface area contributed by atoms with E-state index in [1.54, 1.807) is 0 Å². The summed E-state index contributed by atoms with van der Waals surface area (Å²) >= 11 is 0. The molecule has 0 spiro atoms. The molecule has 0 bridgehead atoms. The van der Waals surface area contributed by atoms with E-state index >= 15 is 0 Å². The molecule has 9 nitrogen and oxygen atoms in total. The van der Waals surface area contributed by atoms with E-state index in [9.17, 15) is 19.5 Å². The zero-order chi connectivity index (χ0) is 67.5. The fraction of sp³-hybridized carbons (Fsp3) is 0.798. The highest BCUT2D eigenvalue weighted by Gasteiger charge is 2.22. The number of unbranched alkanes of at least 4 members (excludes halogenated alkanes) is 45. The smallest absolute Gasteiger partial charge is 0.306 e. The summed E-state index contributed by atoms with van der Waals surface area (Å²) < 4.78 is 22.9. The van der Waals surface area contributed by atoms with Crippen molar-refractivity contribution in [1.29, 1.82) is 0 Å². The lowest BCUT2D eigenvalue weighted by Crippen LogP contribution is -2.44. The van der Waals surface area contributed by atoms with Gasteiger partial charge in [-0.1, -0.05) is 356 Å². The molecule has 0 aromatic rings. The van der Waals surface area contributed by atoms with E-state index in [0.29, 0.717) is 23.9 Å². The molecule has 2 atom stereocenters. The van der Waals surface area contributed by atoms with Crippen molar-refractivity contribution < 1.29 is 42.9 Å². The average molecular weight is 1300 g/mol. The minimum atomic E-state index is -1.62. The largest absolute Gasteiger partial charge is 0.545 e. The van der Waals surface area contributed by atoms with Crippen LogP contribution in [0.25, 0.3) is 0 Å². The number of carbonyl (C=O) groups excluding carboxylic acids is 3. The summed E-state index contributed by atoms with van der Waals surface area (Å²) in [5, 5.41) is 11.9. The van der Waals surface area contributed by atoms with Gasteiger partial charge in [-0.25, -0.2) is 0 Å². The van der Waals surface area contributed by atoms with Crippen molar-refractivity contribution in [2.75, 3.05) is 47.5 Å². The molecular formula is C84H151NO8. The molecule has 0 saturated heterocycles. The van der Waals surface area contributed by atoms with E-state index in [0.717, 1.165) is 70.6 Å². The minimum absolute atomic E-state index is 0.148. The molecule has 0 rings (SSSR count). The number of aliphatic carboxylic acids is 1. The summed E-state index contributed by atoms with van der Waals surface area (Å²) in [5.41, 5.74) is 0. The Kier molecular flexibility index (Phi) is 71.4. The number of carboxylic acids is 1. The van der Waals surface area contributed by atoms with Gasteiger partial charge in [0.1, 0.15) is 13.2 Å². The van der Waals surface area contributed by atoms with Gasteiger partial charge in [0.05, 0.1) is 40.3 Å². The number of nitrogens with zero attached hydrogens (tertiary/aromatic N) is 1. The molecule has 9 heteroatoms. The number of esters is 2. The number of allylic oxidation sites excluding steroid dienone is 14. The third kappa shape index (κ3) is 75.7. The molecule has 0 saturated carbocycles. The van der Waals surface area contributed by atoms with Gasteiger partial charge in [-0.2, -0.15) is 0 Å². The van der Waals surface area contributed by atoms with Gasteiger partial charge < -0.3 is 33.3 Å². The van der Waals surface area contributed by atoms with Gasteiger partial charge in [-0.15, -0.1) is 0 Å². The van der Waals surface area contributed by atoms with Gasteiger partial charge in [-0.3, -0.25) is 9.59 Å². The number of quaternary nitrogens is 1. The Bertz CT molecular complexity index is 1810. The van der Waals surface area contributed by atoms with Crippen LogP contribution >= 0.6 is 0 Å². The molecule has 0 aromatic carbocycles. The summed E-state index contributed by atoms with van der Waals surface area (Å²) in [6.45, 7) is 4.68. The maximum Gasteiger partial charge on any atom is 0.306 e. The third-order valence-electron chi connectivity index (χ3n) is 17.6. The number of hydrogen-bond acceptors (Lipinski definition) is 8. The topological polar surface area (TPSA) is 111 Å². The summed E-state index contributed by atoms with van der Waals surface area (Å²) in [6, 6.07) is 0. The highest BCUT2D eigenvalue weighted by molar-refractivity contribution is 5.70. The van der Waals surface area contributed by atoms with Crippen LogP contribution in [0.1, 0.15) is 373 Å². The van der Waals surface area contributed by atoms with Crippen LogP contribution in [0, 0.1) is 0 Å². The Morgan fingerprint density at radius 3 is 0.914 bits per heavy atom. The Hall–Kier alpha value is -3.53. The molecule has 0 aliphatic carbocycles. The van der Waals surface area contributed by atoms with Crippen LogP contribution in [-0.4, -0.2) is 82.3 Å². The second-order valence-electron chi connectivity index (χ2n) is 28.0. The van der Waals surface area contributed by atoms with Crippen LogP contribution in [0.2, 0.25) is 0 Å². The Balaban J connectivity index is 3.99. The van der Waals surface area contributed by atoms with Gasteiger partial charge in [0.25, 0.3) is 0 Å². The quantitative estimate of drug-likeness (QED) is 0.0195. The minimum Gasteiger partial charge on any atom is -0.545 e. The van der Waals surface area contributed by atoms with E-state index in [1.807, 2.05) is 21.1 Å². The molecule has 0 N–H and O–H groups in total. The van der Waals surface area contributed by atoms with Crippen LogP contribution in [0.3, 0.4) is 0 Å². The molecule has 0 fully saturated rings. The molecule has 0 aliphatic rings. The van der Waals surface area contributed by atoms with Gasteiger partial charge in [0.15, 0.2) is 12.4 Å². The summed E-state index contributed by atoms with van der Waals surface area (Å²) in [5.74, 6) is -2.26. The highest BCUT2D eigenvalue weighted by Crippen LogP contribution is 2.19. The van der Waals surface area contributed by atoms with Gasteiger partial charge in [-0.05, 0) is 89.9 Å². The second-order valence-corrected chi connectivity index (χ2v) is 28.0. The maximum absolute atomic E-state index is 13.0. The summed E-state index contributed by atoms with van der Waals surface area (Å²) in [4.78, 5) is 37.6. The zero-order valence-electron chi connectivity index (χ0n) is 61.9. The Morgan fingerprint density at radius 2 is 0.613 bits per heavy atom. The summed E-state index contributed by atoms with van der Waals surface area (Å²) in [7, 11) is 5.95. The fourth-order valence-electron chi connectivity index (χ4n) is 11.6. The van der Waals surface area contributed by atoms with E-state index in [2.05, 4.69) is 98.9 Å². The fourth-order valence-corrected chi connectivity index (χ4v) is 11.6. The van der Waals surface area contributed by atoms with Crippen LogP contribution < -0.4 is 5.11 Å². The molecule has 0 amide bonds. The van der Waals surface area contributed by atoms with E-state index in [-0.39, 0.29) is 32.2 Å².